The summed E-state index contributed by atoms with van der Waals surface area (Å²) in [5.41, 5.74) is 4.12. The maximum atomic E-state index is 13.1. The summed E-state index contributed by atoms with van der Waals surface area (Å²) in [6.45, 7) is 4.81. The maximum absolute atomic E-state index is 13.1. The van der Waals surface area contributed by atoms with Gasteiger partial charge in [0.05, 0.1) is 11.9 Å². The number of carbonyl (C=O) groups excluding carboxylic acids is 1. The van der Waals surface area contributed by atoms with E-state index in [0.717, 1.165) is 35.3 Å². The van der Waals surface area contributed by atoms with Gasteiger partial charge in [0.25, 0.3) is 10.0 Å². The SMILES string of the molecule is Cc1cccc(CC(=O)N2CCN(c3ccc(NS(=O)(=O)c4cccc5cccnc45)cc3)CC2)c1. The van der Waals surface area contributed by atoms with Gasteiger partial charge in [0.15, 0.2) is 0 Å². The Balaban J connectivity index is 1.21. The first-order chi connectivity index (χ1) is 17.4. The summed E-state index contributed by atoms with van der Waals surface area (Å²) < 4.78 is 28.8. The number of hydrogen-bond donors (Lipinski definition) is 1. The van der Waals surface area contributed by atoms with Crippen LogP contribution in [-0.4, -0.2) is 50.4 Å². The van der Waals surface area contributed by atoms with Gasteiger partial charge in [-0.15, -0.1) is 0 Å². The van der Waals surface area contributed by atoms with E-state index in [9.17, 15) is 13.2 Å². The van der Waals surface area contributed by atoms with Gasteiger partial charge in [0.2, 0.25) is 5.91 Å². The van der Waals surface area contributed by atoms with Crippen molar-refractivity contribution in [1.29, 1.82) is 0 Å². The number of para-hydroxylation sites is 1. The van der Waals surface area contributed by atoms with Gasteiger partial charge in [-0.2, -0.15) is 0 Å². The average Bonchev–Trinajstić information content (AvgIpc) is 2.89. The molecule has 1 aliphatic heterocycles. The number of hydrogen-bond acceptors (Lipinski definition) is 5. The van der Waals surface area contributed by atoms with E-state index >= 15 is 0 Å². The number of pyridine rings is 1. The molecule has 3 aromatic carbocycles. The number of anilines is 2. The number of carbonyl (C=O) groups is 1. The Bertz CT molecular complexity index is 1490. The number of piperazine rings is 1. The first kappa shape index (κ1) is 23.8. The van der Waals surface area contributed by atoms with Crippen molar-refractivity contribution in [3.05, 3.63) is 96.2 Å². The van der Waals surface area contributed by atoms with Crippen LogP contribution < -0.4 is 9.62 Å². The lowest BCUT2D eigenvalue weighted by molar-refractivity contribution is -0.130. The van der Waals surface area contributed by atoms with Crippen molar-refractivity contribution in [3.8, 4) is 0 Å². The zero-order chi connectivity index (χ0) is 25.1. The third kappa shape index (κ3) is 5.18. The average molecular weight is 501 g/mol. The fraction of sp³-hybridized carbons (Fsp3) is 0.214. The van der Waals surface area contributed by atoms with Crippen LogP contribution >= 0.6 is 0 Å². The second kappa shape index (κ2) is 9.99. The van der Waals surface area contributed by atoms with E-state index in [-0.39, 0.29) is 10.8 Å². The van der Waals surface area contributed by atoms with Gasteiger partial charge in [0.1, 0.15) is 4.90 Å². The van der Waals surface area contributed by atoms with E-state index in [2.05, 4.69) is 20.7 Å². The van der Waals surface area contributed by atoms with E-state index < -0.39 is 10.0 Å². The fourth-order valence-corrected chi connectivity index (χ4v) is 5.81. The molecule has 1 saturated heterocycles. The summed E-state index contributed by atoms with van der Waals surface area (Å²) in [6, 6.07) is 24.1. The highest BCUT2D eigenvalue weighted by molar-refractivity contribution is 7.93. The van der Waals surface area contributed by atoms with Crippen LogP contribution in [0.5, 0.6) is 0 Å². The summed E-state index contributed by atoms with van der Waals surface area (Å²) in [5.74, 6) is 0.146. The maximum Gasteiger partial charge on any atom is 0.264 e. The number of fused-ring (bicyclic) bond motifs is 1. The lowest BCUT2D eigenvalue weighted by Gasteiger charge is -2.36. The van der Waals surface area contributed by atoms with Crippen LogP contribution in [0, 0.1) is 6.92 Å². The van der Waals surface area contributed by atoms with E-state index in [4.69, 9.17) is 0 Å². The van der Waals surface area contributed by atoms with Crippen molar-refractivity contribution in [2.24, 2.45) is 0 Å². The van der Waals surface area contributed by atoms with E-state index in [1.54, 1.807) is 36.5 Å². The molecule has 1 N–H and O–H groups in total. The predicted octanol–water partition coefficient (Wildman–Crippen LogP) is 4.24. The first-order valence-electron chi connectivity index (χ1n) is 11.9. The van der Waals surface area contributed by atoms with Gasteiger partial charge in [-0.05, 0) is 48.9 Å². The number of aryl methyl sites for hydroxylation is 1. The van der Waals surface area contributed by atoms with Gasteiger partial charge >= 0.3 is 0 Å². The Morgan fingerprint density at radius 3 is 2.39 bits per heavy atom. The van der Waals surface area contributed by atoms with Crippen LogP contribution in [0.3, 0.4) is 0 Å². The predicted molar refractivity (Wildman–Crippen MR) is 143 cm³/mol. The third-order valence-corrected chi connectivity index (χ3v) is 7.85. The molecule has 8 heteroatoms. The molecule has 0 unspecified atom stereocenters. The molecule has 0 bridgehead atoms. The van der Waals surface area contributed by atoms with Gasteiger partial charge in [-0.1, -0.05) is 48.0 Å². The molecule has 2 heterocycles. The molecule has 5 rings (SSSR count). The van der Waals surface area contributed by atoms with Crippen molar-refractivity contribution >= 4 is 38.2 Å². The highest BCUT2D eigenvalue weighted by Crippen LogP contribution is 2.25. The van der Waals surface area contributed by atoms with Crippen LogP contribution in [0.4, 0.5) is 11.4 Å². The molecule has 1 aliphatic rings. The zero-order valence-electron chi connectivity index (χ0n) is 20.1. The minimum Gasteiger partial charge on any atom is -0.368 e. The van der Waals surface area contributed by atoms with Crippen LogP contribution in [0.1, 0.15) is 11.1 Å². The summed E-state index contributed by atoms with van der Waals surface area (Å²) in [5, 5.41) is 0.771. The first-order valence-corrected chi connectivity index (χ1v) is 13.4. The van der Waals surface area contributed by atoms with Crippen LogP contribution in [0.2, 0.25) is 0 Å². The van der Waals surface area contributed by atoms with Crippen molar-refractivity contribution in [3.63, 3.8) is 0 Å². The number of nitrogens with zero attached hydrogens (tertiary/aromatic N) is 3. The quantitative estimate of drug-likeness (QED) is 0.428. The fourth-order valence-electron chi connectivity index (χ4n) is 4.57. The Kier molecular flexibility index (Phi) is 6.61. The minimum absolute atomic E-state index is 0.146. The van der Waals surface area contributed by atoms with E-state index in [1.165, 1.54) is 0 Å². The number of sulfonamides is 1. The molecule has 184 valence electrons. The molecule has 1 aromatic heterocycles. The Hall–Kier alpha value is -3.91. The lowest BCUT2D eigenvalue weighted by Crippen LogP contribution is -2.49. The summed E-state index contributed by atoms with van der Waals surface area (Å²) >= 11 is 0. The largest absolute Gasteiger partial charge is 0.368 e. The number of rotatable bonds is 6. The topological polar surface area (TPSA) is 82.6 Å². The molecule has 7 nitrogen and oxygen atoms in total. The van der Waals surface area contributed by atoms with E-state index in [0.29, 0.717) is 30.7 Å². The monoisotopic (exact) mass is 500 g/mol. The second-order valence-electron chi connectivity index (χ2n) is 9.02. The molecule has 0 radical (unpaired) electrons. The standard InChI is InChI=1S/C28H28N4O3S/c1-21-5-2-6-22(19-21)20-27(33)32-17-15-31(16-18-32)25-12-10-24(11-13-25)30-36(34,35)26-9-3-7-23-8-4-14-29-28(23)26/h2-14,19,30H,15-18,20H2,1H3. The minimum atomic E-state index is -3.79. The normalized spacial score (nSPS) is 14.1. The van der Waals surface area contributed by atoms with Gasteiger partial charge < -0.3 is 9.80 Å². The number of nitrogens with one attached hydrogen (secondary N) is 1. The van der Waals surface area contributed by atoms with Crippen molar-refractivity contribution in [2.45, 2.75) is 18.2 Å². The Morgan fingerprint density at radius 1 is 0.917 bits per heavy atom. The Morgan fingerprint density at radius 2 is 1.64 bits per heavy atom. The molecule has 1 fully saturated rings. The number of amides is 1. The number of aromatic nitrogens is 1. The van der Waals surface area contributed by atoms with Crippen LogP contribution in [0.25, 0.3) is 10.9 Å². The lowest BCUT2D eigenvalue weighted by atomic mass is 10.1. The molecule has 0 spiro atoms. The van der Waals surface area contributed by atoms with Crippen molar-refractivity contribution in [1.82, 2.24) is 9.88 Å². The van der Waals surface area contributed by atoms with Gasteiger partial charge in [-0.3, -0.25) is 14.5 Å². The molecule has 0 aliphatic carbocycles. The molecule has 0 atom stereocenters. The zero-order valence-corrected chi connectivity index (χ0v) is 20.9. The molecular formula is C28H28N4O3S. The van der Waals surface area contributed by atoms with Crippen LogP contribution in [-0.2, 0) is 21.2 Å². The Labute approximate surface area is 211 Å². The number of benzene rings is 3. The third-order valence-electron chi connectivity index (χ3n) is 6.44. The molecule has 4 aromatic rings. The molecule has 36 heavy (non-hydrogen) atoms. The van der Waals surface area contributed by atoms with Gasteiger partial charge in [0, 0.05) is 49.1 Å². The van der Waals surface area contributed by atoms with Crippen molar-refractivity contribution < 1.29 is 13.2 Å². The molecular weight excluding hydrogens is 472 g/mol. The molecule has 1 amide bonds. The van der Waals surface area contributed by atoms with Crippen LogP contribution in [0.15, 0.2) is 90.0 Å². The summed E-state index contributed by atoms with van der Waals surface area (Å²) in [4.78, 5) is 21.3. The summed E-state index contributed by atoms with van der Waals surface area (Å²) in [7, 11) is -3.79. The summed E-state index contributed by atoms with van der Waals surface area (Å²) in [6.07, 6.45) is 2.01. The van der Waals surface area contributed by atoms with Crippen molar-refractivity contribution in [2.75, 3.05) is 35.8 Å². The highest BCUT2D eigenvalue weighted by Gasteiger charge is 2.22. The van der Waals surface area contributed by atoms with E-state index in [1.807, 2.05) is 54.3 Å². The van der Waals surface area contributed by atoms with Gasteiger partial charge in [-0.25, -0.2) is 8.42 Å². The smallest absolute Gasteiger partial charge is 0.264 e. The molecule has 0 saturated carbocycles. The second-order valence-corrected chi connectivity index (χ2v) is 10.7. The highest BCUT2D eigenvalue weighted by atomic mass is 32.2.